The van der Waals surface area contributed by atoms with E-state index < -0.39 is 23.6 Å². The zero-order valence-electron chi connectivity index (χ0n) is 12.0. The van der Waals surface area contributed by atoms with Gasteiger partial charge < -0.3 is 10.2 Å². The van der Waals surface area contributed by atoms with Crippen LogP contribution in [0.15, 0.2) is 18.2 Å². The van der Waals surface area contributed by atoms with Crippen molar-refractivity contribution in [1.29, 1.82) is 5.26 Å². The Balaban J connectivity index is 3.19. The summed E-state index contributed by atoms with van der Waals surface area (Å²) in [7, 11) is 2.79. The molecule has 0 aliphatic heterocycles. The molecule has 0 saturated heterocycles. The molecule has 1 N–H and O–H groups in total. The van der Waals surface area contributed by atoms with E-state index >= 15 is 0 Å². The number of carbonyl (C=O) groups is 1. The van der Waals surface area contributed by atoms with Gasteiger partial charge in [-0.1, -0.05) is 6.07 Å². The van der Waals surface area contributed by atoms with Crippen LogP contribution in [0.1, 0.15) is 22.8 Å². The van der Waals surface area contributed by atoms with Crippen molar-refractivity contribution in [2.24, 2.45) is 5.92 Å². The lowest BCUT2D eigenvalue weighted by atomic mass is 10.0. The number of hydrogen-bond acceptors (Lipinski definition) is 3. The molecular formula is C14H16F3N3O. The number of alkyl halides is 3. The molecule has 0 saturated carbocycles. The number of para-hydroxylation sites is 1. The number of nitrogens with zero attached hydrogens (tertiary/aromatic N) is 2. The van der Waals surface area contributed by atoms with E-state index in [-0.39, 0.29) is 17.8 Å². The highest BCUT2D eigenvalue weighted by Gasteiger charge is 2.35. The average molecular weight is 299 g/mol. The van der Waals surface area contributed by atoms with Gasteiger partial charge in [-0.2, -0.15) is 18.4 Å². The molecule has 0 fully saturated rings. The van der Waals surface area contributed by atoms with E-state index in [1.54, 1.807) is 6.92 Å². The fourth-order valence-corrected chi connectivity index (χ4v) is 1.98. The Morgan fingerprint density at radius 3 is 2.57 bits per heavy atom. The summed E-state index contributed by atoms with van der Waals surface area (Å²) in [6.07, 6.45) is -4.55. The van der Waals surface area contributed by atoms with E-state index in [0.29, 0.717) is 0 Å². The Morgan fingerprint density at radius 2 is 2.10 bits per heavy atom. The lowest BCUT2D eigenvalue weighted by Gasteiger charge is -2.21. The zero-order chi connectivity index (χ0) is 16.2. The fourth-order valence-electron chi connectivity index (χ4n) is 1.98. The van der Waals surface area contributed by atoms with E-state index in [1.165, 1.54) is 31.1 Å². The van der Waals surface area contributed by atoms with Crippen molar-refractivity contribution in [3.63, 3.8) is 0 Å². The number of benzene rings is 1. The summed E-state index contributed by atoms with van der Waals surface area (Å²) in [5, 5.41) is 11.2. The second kappa shape index (κ2) is 6.48. The van der Waals surface area contributed by atoms with Gasteiger partial charge in [-0.05, 0) is 19.1 Å². The molecule has 1 aromatic carbocycles. The van der Waals surface area contributed by atoms with Crippen LogP contribution >= 0.6 is 0 Å². The Morgan fingerprint density at radius 1 is 1.48 bits per heavy atom. The van der Waals surface area contributed by atoms with Gasteiger partial charge in [-0.25, -0.2) is 0 Å². The maximum Gasteiger partial charge on any atom is 0.418 e. The van der Waals surface area contributed by atoms with Crippen molar-refractivity contribution in [1.82, 2.24) is 4.90 Å². The smallest absolute Gasteiger partial charge is 0.387 e. The van der Waals surface area contributed by atoms with Crippen molar-refractivity contribution >= 4 is 11.6 Å². The first-order chi connectivity index (χ1) is 9.72. The first kappa shape index (κ1) is 16.8. The maximum absolute atomic E-state index is 12.9. The molecule has 0 aromatic heterocycles. The quantitative estimate of drug-likeness (QED) is 0.930. The summed E-state index contributed by atoms with van der Waals surface area (Å²) >= 11 is 0. The number of halogens is 3. The molecule has 0 spiro atoms. The van der Waals surface area contributed by atoms with E-state index in [0.717, 1.165) is 6.07 Å². The normalized spacial score (nSPS) is 12.4. The van der Waals surface area contributed by atoms with Crippen LogP contribution in [0.25, 0.3) is 0 Å². The SMILES string of the molecule is CNc1c(C(=O)N(C)CC(C)C#N)cccc1C(F)(F)F. The minimum Gasteiger partial charge on any atom is -0.387 e. The molecule has 1 amide bonds. The number of nitrogens with one attached hydrogen (secondary N) is 1. The lowest BCUT2D eigenvalue weighted by Crippen LogP contribution is -2.31. The summed E-state index contributed by atoms with van der Waals surface area (Å²) in [6.45, 7) is 1.78. The third-order valence-electron chi connectivity index (χ3n) is 2.97. The Kier molecular flexibility index (Phi) is 5.19. The number of amides is 1. The van der Waals surface area contributed by atoms with E-state index in [9.17, 15) is 18.0 Å². The summed E-state index contributed by atoms with van der Waals surface area (Å²) < 4.78 is 38.8. The largest absolute Gasteiger partial charge is 0.418 e. The predicted molar refractivity (Wildman–Crippen MR) is 72.7 cm³/mol. The molecule has 1 unspecified atom stereocenters. The van der Waals surface area contributed by atoms with Crippen LogP contribution < -0.4 is 5.32 Å². The standard InChI is InChI=1S/C14H16F3N3O/c1-9(7-18)8-20(3)13(21)10-5-4-6-11(12(10)19-2)14(15,16)17/h4-6,9,19H,8H2,1-3H3. The van der Waals surface area contributed by atoms with Gasteiger partial charge in [0.25, 0.3) is 5.91 Å². The van der Waals surface area contributed by atoms with Crippen LogP contribution in [0.5, 0.6) is 0 Å². The fraction of sp³-hybridized carbons (Fsp3) is 0.429. The Hall–Kier alpha value is -2.23. The number of hydrogen-bond donors (Lipinski definition) is 1. The second-order valence-electron chi connectivity index (χ2n) is 4.69. The predicted octanol–water partition coefficient (Wildman–Crippen LogP) is 2.98. The topological polar surface area (TPSA) is 56.1 Å². The molecule has 21 heavy (non-hydrogen) atoms. The van der Waals surface area contributed by atoms with Gasteiger partial charge in [-0.3, -0.25) is 4.79 Å². The van der Waals surface area contributed by atoms with Crippen molar-refractivity contribution in [2.75, 3.05) is 26.0 Å². The van der Waals surface area contributed by atoms with Gasteiger partial charge in [0, 0.05) is 20.6 Å². The first-order valence-electron chi connectivity index (χ1n) is 6.25. The van der Waals surface area contributed by atoms with Crippen LogP contribution in [0.3, 0.4) is 0 Å². The minimum atomic E-state index is -4.55. The molecule has 4 nitrogen and oxygen atoms in total. The molecule has 114 valence electrons. The monoisotopic (exact) mass is 299 g/mol. The molecule has 0 radical (unpaired) electrons. The zero-order valence-corrected chi connectivity index (χ0v) is 12.0. The Labute approximate surface area is 121 Å². The van der Waals surface area contributed by atoms with E-state index in [1.807, 2.05) is 6.07 Å². The third-order valence-corrected chi connectivity index (χ3v) is 2.97. The molecular weight excluding hydrogens is 283 g/mol. The van der Waals surface area contributed by atoms with Crippen molar-refractivity contribution in [3.8, 4) is 6.07 Å². The Bertz CT molecular complexity index is 564. The van der Waals surface area contributed by atoms with Gasteiger partial charge in [0.15, 0.2) is 0 Å². The highest BCUT2D eigenvalue weighted by Crippen LogP contribution is 2.36. The molecule has 1 rings (SSSR count). The number of carbonyl (C=O) groups excluding carboxylic acids is 1. The van der Waals surface area contributed by atoms with Gasteiger partial charge in [-0.15, -0.1) is 0 Å². The van der Waals surface area contributed by atoms with E-state index in [2.05, 4.69) is 5.32 Å². The highest BCUT2D eigenvalue weighted by molar-refractivity contribution is 6.00. The van der Waals surface area contributed by atoms with Crippen LogP contribution in [0.2, 0.25) is 0 Å². The summed E-state index contributed by atoms with van der Waals surface area (Å²) in [5.41, 5.74) is -1.22. The number of rotatable bonds is 4. The van der Waals surface area contributed by atoms with Crippen LogP contribution in [0, 0.1) is 17.2 Å². The lowest BCUT2D eigenvalue weighted by molar-refractivity contribution is -0.136. The molecule has 0 heterocycles. The van der Waals surface area contributed by atoms with Crippen molar-refractivity contribution in [3.05, 3.63) is 29.3 Å². The minimum absolute atomic E-state index is 0.0695. The molecule has 0 aliphatic carbocycles. The second-order valence-corrected chi connectivity index (χ2v) is 4.69. The first-order valence-corrected chi connectivity index (χ1v) is 6.25. The molecule has 7 heteroatoms. The summed E-state index contributed by atoms with van der Waals surface area (Å²) in [6, 6.07) is 5.42. The van der Waals surface area contributed by atoms with Crippen LogP contribution in [0.4, 0.5) is 18.9 Å². The van der Waals surface area contributed by atoms with Gasteiger partial charge in [0.2, 0.25) is 0 Å². The number of nitriles is 1. The average Bonchev–Trinajstić information content (AvgIpc) is 2.44. The van der Waals surface area contributed by atoms with E-state index in [4.69, 9.17) is 5.26 Å². The van der Waals surface area contributed by atoms with Crippen molar-refractivity contribution in [2.45, 2.75) is 13.1 Å². The third kappa shape index (κ3) is 3.88. The molecule has 1 aromatic rings. The summed E-state index contributed by atoms with van der Waals surface area (Å²) in [4.78, 5) is 13.5. The van der Waals surface area contributed by atoms with Gasteiger partial charge >= 0.3 is 6.18 Å². The van der Waals surface area contributed by atoms with Gasteiger partial charge in [0.05, 0.1) is 28.8 Å². The van der Waals surface area contributed by atoms with Crippen LogP contribution in [-0.2, 0) is 6.18 Å². The maximum atomic E-state index is 12.9. The molecule has 1 atom stereocenters. The molecule has 0 aliphatic rings. The highest BCUT2D eigenvalue weighted by atomic mass is 19.4. The van der Waals surface area contributed by atoms with Crippen LogP contribution in [-0.4, -0.2) is 31.4 Å². The molecule has 0 bridgehead atoms. The van der Waals surface area contributed by atoms with Gasteiger partial charge in [0.1, 0.15) is 0 Å². The van der Waals surface area contributed by atoms with Crippen molar-refractivity contribution < 1.29 is 18.0 Å². The summed E-state index contributed by atoms with van der Waals surface area (Å²) in [5.74, 6) is -0.963. The number of anilines is 1.